The van der Waals surface area contributed by atoms with Crippen molar-refractivity contribution < 1.29 is 0 Å². The Morgan fingerprint density at radius 3 is 2.05 bits per heavy atom. The minimum atomic E-state index is 0.327. The zero-order chi connectivity index (χ0) is 15.9. The van der Waals surface area contributed by atoms with Crippen molar-refractivity contribution in [3.05, 3.63) is 0 Å². The van der Waals surface area contributed by atoms with Gasteiger partial charge < -0.3 is 0 Å². The molecule has 22 heavy (non-hydrogen) atoms. The van der Waals surface area contributed by atoms with Gasteiger partial charge in [0.2, 0.25) is 0 Å². The summed E-state index contributed by atoms with van der Waals surface area (Å²) in [5.41, 5.74) is 0.327. The molecular formula is C18H36N4. The van der Waals surface area contributed by atoms with Crippen LogP contribution in [-0.2, 0) is 0 Å². The second-order valence-electron chi connectivity index (χ2n) is 8.86. The molecule has 4 saturated heterocycles. The van der Waals surface area contributed by atoms with Crippen molar-refractivity contribution in [2.45, 2.75) is 71.1 Å². The molecule has 4 heterocycles. The normalized spacial score (nSPS) is 33.0. The maximum absolute atomic E-state index is 2.78. The topological polar surface area (TPSA) is 13.0 Å². The molecule has 4 rings (SSSR count). The summed E-state index contributed by atoms with van der Waals surface area (Å²) in [6.45, 7) is 20.4. The van der Waals surface area contributed by atoms with Crippen molar-refractivity contribution in [1.29, 1.82) is 0 Å². The number of rotatable bonds is 3. The first-order valence-electron chi connectivity index (χ1n) is 9.32. The molecule has 0 amide bonds. The molecule has 0 aliphatic carbocycles. The third-order valence-corrected chi connectivity index (χ3v) is 6.05. The maximum Gasteiger partial charge on any atom is 0.0511 e. The third-order valence-electron chi connectivity index (χ3n) is 6.05. The summed E-state index contributed by atoms with van der Waals surface area (Å²) < 4.78 is 0. The Bertz CT molecular complexity index is 368. The van der Waals surface area contributed by atoms with Gasteiger partial charge in [0.15, 0.2) is 0 Å². The first-order valence-corrected chi connectivity index (χ1v) is 9.32. The highest BCUT2D eigenvalue weighted by molar-refractivity contribution is 4.96. The van der Waals surface area contributed by atoms with Crippen molar-refractivity contribution in [2.75, 3.05) is 45.9 Å². The lowest BCUT2D eigenvalue weighted by Gasteiger charge is -2.54. The van der Waals surface area contributed by atoms with Gasteiger partial charge in [0.25, 0.3) is 0 Å². The quantitative estimate of drug-likeness (QED) is 0.789. The summed E-state index contributed by atoms with van der Waals surface area (Å²) in [6.07, 6.45) is 2.83. The van der Waals surface area contributed by atoms with Crippen molar-refractivity contribution in [3.63, 3.8) is 0 Å². The molecular weight excluding hydrogens is 272 g/mol. The SMILES string of the molecule is CC(C)N1CC2CCC1CN2CN1CCN(C(C)(C)C)CC1. The minimum Gasteiger partial charge on any atom is -0.296 e. The second kappa shape index (κ2) is 6.39. The zero-order valence-electron chi connectivity index (χ0n) is 15.4. The summed E-state index contributed by atoms with van der Waals surface area (Å²) in [4.78, 5) is 10.8. The molecule has 0 aromatic carbocycles. The van der Waals surface area contributed by atoms with Crippen LogP contribution >= 0.6 is 0 Å². The van der Waals surface area contributed by atoms with E-state index in [4.69, 9.17) is 0 Å². The molecule has 2 bridgehead atoms. The Morgan fingerprint density at radius 1 is 0.909 bits per heavy atom. The molecule has 2 atom stereocenters. The number of piperazine rings is 2. The Labute approximate surface area is 137 Å². The van der Waals surface area contributed by atoms with Gasteiger partial charge in [0.1, 0.15) is 0 Å². The molecule has 4 heteroatoms. The van der Waals surface area contributed by atoms with Crippen LogP contribution in [0.15, 0.2) is 0 Å². The van der Waals surface area contributed by atoms with Gasteiger partial charge in [-0.05, 0) is 47.5 Å². The van der Waals surface area contributed by atoms with Crippen molar-refractivity contribution in [2.24, 2.45) is 0 Å². The highest BCUT2D eigenvalue weighted by atomic mass is 15.4. The van der Waals surface area contributed by atoms with E-state index in [1.165, 1.54) is 58.8 Å². The van der Waals surface area contributed by atoms with Crippen LogP contribution in [0.3, 0.4) is 0 Å². The van der Waals surface area contributed by atoms with Crippen molar-refractivity contribution in [3.8, 4) is 0 Å². The monoisotopic (exact) mass is 308 g/mol. The summed E-state index contributed by atoms with van der Waals surface area (Å²) in [7, 11) is 0. The predicted octanol–water partition coefficient (Wildman–Crippen LogP) is 1.92. The summed E-state index contributed by atoms with van der Waals surface area (Å²) in [6, 6.07) is 2.32. The lowest BCUT2D eigenvalue weighted by atomic mass is 9.90. The Kier molecular flexibility index (Phi) is 4.84. The van der Waals surface area contributed by atoms with Gasteiger partial charge in [-0.3, -0.25) is 19.6 Å². The van der Waals surface area contributed by atoms with Crippen LogP contribution in [0.1, 0.15) is 47.5 Å². The number of piperidine rings is 2. The lowest BCUT2D eigenvalue weighted by molar-refractivity contribution is -0.0662. The molecule has 0 saturated carbocycles. The van der Waals surface area contributed by atoms with Gasteiger partial charge in [0.05, 0.1) is 6.67 Å². The average Bonchev–Trinajstić information content (AvgIpc) is 2.47. The molecule has 0 aromatic heterocycles. The van der Waals surface area contributed by atoms with Crippen molar-refractivity contribution >= 4 is 0 Å². The van der Waals surface area contributed by atoms with E-state index in [0.29, 0.717) is 11.6 Å². The number of hydrogen-bond acceptors (Lipinski definition) is 4. The summed E-state index contributed by atoms with van der Waals surface area (Å²) in [5.74, 6) is 0. The summed E-state index contributed by atoms with van der Waals surface area (Å²) >= 11 is 0. The Hall–Kier alpha value is -0.160. The molecule has 4 aliphatic rings. The van der Waals surface area contributed by atoms with E-state index >= 15 is 0 Å². The van der Waals surface area contributed by atoms with Crippen LogP contribution in [0.25, 0.3) is 0 Å². The van der Waals surface area contributed by atoms with Crippen LogP contribution in [-0.4, -0.2) is 89.2 Å². The molecule has 0 radical (unpaired) electrons. The van der Waals surface area contributed by atoms with E-state index in [9.17, 15) is 0 Å². The predicted molar refractivity (Wildman–Crippen MR) is 93.1 cm³/mol. The van der Waals surface area contributed by atoms with Crippen LogP contribution in [0.5, 0.6) is 0 Å². The van der Waals surface area contributed by atoms with Crippen LogP contribution < -0.4 is 0 Å². The molecule has 0 N–H and O–H groups in total. The standard InChI is InChI=1S/C18H36N4/c1-15(2)22-13-16-6-7-17(22)12-20(16)14-19-8-10-21(11-9-19)18(3,4)5/h15-17H,6-14H2,1-5H3. The smallest absolute Gasteiger partial charge is 0.0511 e. The highest BCUT2D eigenvalue weighted by Gasteiger charge is 2.40. The van der Waals surface area contributed by atoms with Gasteiger partial charge >= 0.3 is 0 Å². The molecule has 4 nitrogen and oxygen atoms in total. The highest BCUT2D eigenvalue weighted by Crippen LogP contribution is 2.30. The van der Waals surface area contributed by atoms with Crippen molar-refractivity contribution in [1.82, 2.24) is 19.6 Å². The number of hydrogen-bond donors (Lipinski definition) is 0. The Morgan fingerprint density at radius 2 is 1.55 bits per heavy atom. The molecule has 128 valence electrons. The van der Waals surface area contributed by atoms with E-state index in [1.54, 1.807) is 0 Å². The number of nitrogens with zero attached hydrogens (tertiary/aromatic N) is 4. The van der Waals surface area contributed by atoms with Gasteiger partial charge in [-0.25, -0.2) is 0 Å². The average molecular weight is 309 g/mol. The van der Waals surface area contributed by atoms with Gasteiger partial charge in [-0.15, -0.1) is 0 Å². The maximum atomic E-state index is 2.78. The van der Waals surface area contributed by atoms with Gasteiger partial charge in [-0.1, -0.05) is 0 Å². The fourth-order valence-electron chi connectivity index (χ4n) is 4.57. The van der Waals surface area contributed by atoms with E-state index < -0.39 is 0 Å². The van der Waals surface area contributed by atoms with Crippen LogP contribution in [0.2, 0.25) is 0 Å². The Balaban J connectivity index is 1.50. The third kappa shape index (κ3) is 3.50. The first-order chi connectivity index (χ1) is 10.3. The first kappa shape index (κ1) is 16.7. The van der Waals surface area contributed by atoms with E-state index in [-0.39, 0.29) is 0 Å². The van der Waals surface area contributed by atoms with Gasteiger partial charge in [-0.2, -0.15) is 0 Å². The fraction of sp³-hybridized carbons (Fsp3) is 1.00. The second-order valence-corrected chi connectivity index (χ2v) is 8.86. The molecule has 4 aliphatic heterocycles. The molecule has 0 spiro atoms. The van der Waals surface area contributed by atoms with Crippen LogP contribution in [0, 0.1) is 0 Å². The van der Waals surface area contributed by atoms with Crippen LogP contribution in [0.4, 0.5) is 0 Å². The van der Waals surface area contributed by atoms with Gasteiger partial charge in [0, 0.05) is 62.9 Å². The fourth-order valence-corrected chi connectivity index (χ4v) is 4.57. The minimum absolute atomic E-state index is 0.327. The molecule has 2 unspecified atom stereocenters. The molecule has 0 aromatic rings. The van der Waals surface area contributed by atoms with E-state index in [1.807, 2.05) is 0 Å². The number of fused-ring (bicyclic) bond motifs is 3. The van der Waals surface area contributed by atoms with E-state index in [2.05, 4.69) is 54.2 Å². The largest absolute Gasteiger partial charge is 0.296 e. The van der Waals surface area contributed by atoms with E-state index in [0.717, 1.165) is 12.1 Å². The zero-order valence-corrected chi connectivity index (χ0v) is 15.4. The molecule has 4 fully saturated rings. The lowest BCUT2D eigenvalue weighted by Crippen LogP contribution is -2.66. The summed E-state index contributed by atoms with van der Waals surface area (Å²) in [5, 5.41) is 0.